The van der Waals surface area contributed by atoms with E-state index in [9.17, 15) is 4.79 Å². The van der Waals surface area contributed by atoms with Gasteiger partial charge in [-0.1, -0.05) is 29.3 Å². The Morgan fingerprint density at radius 2 is 2.12 bits per heavy atom. The number of hydrogen-bond acceptors (Lipinski definition) is 2. The predicted molar refractivity (Wildman–Crippen MR) is 62.9 cm³/mol. The van der Waals surface area contributed by atoms with Crippen LogP contribution in [0.2, 0.25) is 10.0 Å². The van der Waals surface area contributed by atoms with Gasteiger partial charge in [0.2, 0.25) is 0 Å². The van der Waals surface area contributed by atoms with Crippen molar-refractivity contribution in [3.63, 3.8) is 0 Å². The second-order valence-corrected chi connectivity index (χ2v) is 4.81. The van der Waals surface area contributed by atoms with Crippen LogP contribution in [0.5, 0.6) is 0 Å². The van der Waals surface area contributed by atoms with Crippen LogP contribution in [-0.4, -0.2) is 29.1 Å². The molecule has 1 aromatic rings. The lowest BCUT2D eigenvalue weighted by atomic mass is 10.00. The summed E-state index contributed by atoms with van der Waals surface area (Å²) in [6.07, 6.45) is 0. The molecule has 3 nitrogen and oxygen atoms in total. The van der Waals surface area contributed by atoms with Gasteiger partial charge < -0.3 is 5.11 Å². The van der Waals surface area contributed by atoms with E-state index in [1.54, 1.807) is 12.1 Å². The maximum atomic E-state index is 10.6. The van der Waals surface area contributed by atoms with E-state index in [0.29, 0.717) is 29.7 Å². The van der Waals surface area contributed by atoms with Gasteiger partial charge in [-0.3, -0.25) is 9.69 Å². The molecule has 0 aliphatic carbocycles. The summed E-state index contributed by atoms with van der Waals surface area (Å²) in [6.45, 7) is 1.86. The number of halogens is 2. The molecule has 1 heterocycles. The zero-order chi connectivity index (χ0) is 11.7. The minimum absolute atomic E-state index is 0.230. The molecule has 0 radical (unpaired) electrons. The fourth-order valence-electron chi connectivity index (χ4n) is 1.75. The van der Waals surface area contributed by atoms with E-state index in [1.807, 2.05) is 11.0 Å². The van der Waals surface area contributed by atoms with Crippen molar-refractivity contribution < 1.29 is 9.90 Å². The van der Waals surface area contributed by atoms with E-state index in [4.69, 9.17) is 28.3 Å². The summed E-state index contributed by atoms with van der Waals surface area (Å²) in [5.41, 5.74) is 0.981. The highest BCUT2D eigenvalue weighted by Gasteiger charge is 2.32. The van der Waals surface area contributed by atoms with Crippen LogP contribution < -0.4 is 0 Å². The fraction of sp³-hybridized carbons (Fsp3) is 0.364. The van der Waals surface area contributed by atoms with E-state index in [1.165, 1.54) is 0 Å². The molecule has 1 aliphatic heterocycles. The number of rotatable bonds is 3. The van der Waals surface area contributed by atoms with Crippen molar-refractivity contribution >= 4 is 29.2 Å². The largest absolute Gasteiger partial charge is 0.481 e. The molecular weight excluding hydrogens is 249 g/mol. The average Bonchev–Trinajstić information content (AvgIpc) is 2.12. The van der Waals surface area contributed by atoms with Gasteiger partial charge in [0.1, 0.15) is 0 Å². The van der Waals surface area contributed by atoms with E-state index in [2.05, 4.69) is 0 Å². The van der Waals surface area contributed by atoms with Gasteiger partial charge in [-0.2, -0.15) is 0 Å². The molecule has 86 valence electrons. The van der Waals surface area contributed by atoms with Crippen molar-refractivity contribution in [1.29, 1.82) is 0 Å². The van der Waals surface area contributed by atoms with Crippen molar-refractivity contribution in [2.45, 2.75) is 6.54 Å². The van der Waals surface area contributed by atoms with Crippen LogP contribution in [0.4, 0.5) is 0 Å². The Balaban J connectivity index is 1.94. The molecule has 1 aromatic carbocycles. The maximum Gasteiger partial charge on any atom is 0.309 e. The molecule has 0 amide bonds. The van der Waals surface area contributed by atoms with E-state index < -0.39 is 5.97 Å². The number of aliphatic carboxylic acids is 1. The van der Waals surface area contributed by atoms with Crippen LogP contribution in [0.15, 0.2) is 18.2 Å². The summed E-state index contributed by atoms with van der Waals surface area (Å²) < 4.78 is 0. The van der Waals surface area contributed by atoms with Gasteiger partial charge in [0.15, 0.2) is 0 Å². The Hall–Kier alpha value is -0.770. The number of carbonyl (C=O) groups is 1. The fourth-order valence-corrected chi connectivity index (χ4v) is 2.21. The third-order valence-electron chi connectivity index (χ3n) is 2.72. The Kier molecular flexibility index (Phi) is 3.38. The Morgan fingerprint density at radius 1 is 1.44 bits per heavy atom. The number of hydrogen-bond donors (Lipinski definition) is 1. The van der Waals surface area contributed by atoms with Crippen LogP contribution in [0, 0.1) is 5.92 Å². The van der Waals surface area contributed by atoms with Crippen molar-refractivity contribution in [2.24, 2.45) is 5.92 Å². The zero-order valence-electron chi connectivity index (χ0n) is 8.49. The van der Waals surface area contributed by atoms with Crippen LogP contribution in [0.3, 0.4) is 0 Å². The molecule has 16 heavy (non-hydrogen) atoms. The average molecular weight is 260 g/mol. The molecule has 0 bridgehead atoms. The van der Waals surface area contributed by atoms with Crippen molar-refractivity contribution in [1.82, 2.24) is 4.90 Å². The standard InChI is InChI=1S/C11H11Cl2NO2/c12-9-2-1-7(10(13)3-9)4-14-5-8(6-14)11(15)16/h1-3,8H,4-6H2,(H,15,16). The number of nitrogens with zero attached hydrogens (tertiary/aromatic N) is 1. The molecule has 0 atom stereocenters. The maximum absolute atomic E-state index is 10.6. The first kappa shape index (κ1) is 11.7. The Bertz CT molecular complexity index is 416. The van der Waals surface area contributed by atoms with Crippen LogP contribution in [0.1, 0.15) is 5.56 Å². The molecular formula is C11H11Cl2NO2. The molecule has 1 aliphatic rings. The lowest BCUT2D eigenvalue weighted by molar-refractivity contribution is -0.147. The number of carboxylic acid groups (broad SMARTS) is 1. The first-order chi connectivity index (χ1) is 7.56. The molecule has 1 fully saturated rings. The lowest BCUT2D eigenvalue weighted by Gasteiger charge is -2.36. The van der Waals surface area contributed by atoms with Crippen LogP contribution in [-0.2, 0) is 11.3 Å². The summed E-state index contributed by atoms with van der Waals surface area (Å²) in [7, 11) is 0. The molecule has 1 N–H and O–H groups in total. The smallest absolute Gasteiger partial charge is 0.309 e. The van der Waals surface area contributed by atoms with Gasteiger partial charge in [0.05, 0.1) is 5.92 Å². The summed E-state index contributed by atoms with van der Waals surface area (Å²) in [5, 5.41) is 9.98. The number of carboxylic acids is 1. The third kappa shape index (κ3) is 2.48. The van der Waals surface area contributed by atoms with Crippen molar-refractivity contribution in [3.8, 4) is 0 Å². The van der Waals surface area contributed by atoms with Gasteiger partial charge in [-0.15, -0.1) is 0 Å². The molecule has 0 unspecified atom stereocenters. The quantitative estimate of drug-likeness (QED) is 0.907. The monoisotopic (exact) mass is 259 g/mol. The summed E-state index contributed by atoms with van der Waals surface area (Å²) >= 11 is 11.8. The second-order valence-electron chi connectivity index (χ2n) is 3.96. The topological polar surface area (TPSA) is 40.5 Å². The molecule has 5 heteroatoms. The van der Waals surface area contributed by atoms with Gasteiger partial charge in [0, 0.05) is 29.7 Å². The summed E-state index contributed by atoms with van der Waals surface area (Å²) in [5.74, 6) is -0.954. The van der Waals surface area contributed by atoms with E-state index in [0.717, 1.165) is 5.56 Å². The van der Waals surface area contributed by atoms with Gasteiger partial charge in [-0.05, 0) is 17.7 Å². The molecule has 2 rings (SSSR count). The third-order valence-corrected chi connectivity index (χ3v) is 3.30. The molecule has 0 aromatic heterocycles. The summed E-state index contributed by atoms with van der Waals surface area (Å²) in [4.78, 5) is 12.7. The minimum Gasteiger partial charge on any atom is -0.481 e. The predicted octanol–water partition coefficient (Wildman–Crippen LogP) is 2.51. The van der Waals surface area contributed by atoms with Gasteiger partial charge in [0.25, 0.3) is 0 Å². The highest BCUT2D eigenvalue weighted by atomic mass is 35.5. The first-order valence-electron chi connectivity index (χ1n) is 4.95. The normalized spacial score (nSPS) is 17.1. The van der Waals surface area contributed by atoms with Crippen LogP contribution in [0.25, 0.3) is 0 Å². The SMILES string of the molecule is O=C(O)C1CN(Cc2ccc(Cl)cc2Cl)C1. The first-order valence-corrected chi connectivity index (χ1v) is 5.71. The van der Waals surface area contributed by atoms with E-state index >= 15 is 0 Å². The van der Waals surface area contributed by atoms with E-state index in [-0.39, 0.29) is 5.92 Å². The molecule has 0 saturated carbocycles. The lowest BCUT2D eigenvalue weighted by Crippen LogP contribution is -2.49. The highest BCUT2D eigenvalue weighted by molar-refractivity contribution is 6.35. The van der Waals surface area contributed by atoms with Gasteiger partial charge in [-0.25, -0.2) is 0 Å². The van der Waals surface area contributed by atoms with Crippen molar-refractivity contribution in [3.05, 3.63) is 33.8 Å². The molecule has 0 spiro atoms. The van der Waals surface area contributed by atoms with Crippen molar-refractivity contribution in [2.75, 3.05) is 13.1 Å². The van der Waals surface area contributed by atoms with Crippen LogP contribution >= 0.6 is 23.2 Å². The molecule has 1 saturated heterocycles. The summed E-state index contributed by atoms with van der Waals surface area (Å²) in [6, 6.07) is 5.36. The Morgan fingerprint density at radius 3 is 2.69 bits per heavy atom. The number of benzene rings is 1. The minimum atomic E-state index is -0.724. The Labute approximate surface area is 104 Å². The second kappa shape index (κ2) is 4.62. The van der Waals surface area contributed by atoms with Gasteiger partial charge >= 0.3 is 5.97 Å². The highest BCUT2D eigenvalue weighted by Crippen LogP contribution is 2.25. The number of likely N-dealkylation sites (tertiary alicyclic amines) is 1. The zero-order valence-corrected chi connectivity index (χ0v) is 10.0.